The first-order valence-electron chi connectivity index (χ1n) is 5.73. The Morgan fingerprint density at radius 1 is 1.40 bits per heavy atom. The minimum Gasteiger partial charge on any atom is -0.383 e. The van der Waals surface area contributed by atoms with Crippen LogP contribution in [0.1, 0.15) is 0 Å². The largest absolute Gasteiger partial charge is 0.383 e. The van der Waals surface area contributed by atoms with Crippen LogP contribution < -0.4 is 5.73 Å². The van der Waals surface area contributed by atoms with Gasteiger partial charge >= 0.3 is 0 Å². The Morgan fingerprint density at radius 2 is 2.10 bits per heavy atom. The van der Waals surface area contributed by atoms with E-state index < -0.39 is 25.2 Å². The Labute approximate surface area is 122 Å². The molecule has 0 aliphatic carbocycles. The molecule has 2 heterocycles. The highest BCUT2D eigenvalue weighted by molar-refractivity contribution is 8.01. The van der Waals surface area contributed by atoms with Crippen LogP contribution in [0.4, 0.5) is 5.82 Å². The molecule has 10 heteroatoms. The molecular weight excluding hydrogens is 322 g/mol. The van der Waals surface area contributed by atoms with Crippen molar-refractivity contribution in [3.8, 4) is 0 Å². The lowest BCUT2D eigenvalue weighted by molar-refractivity contribution is 0.405. The van der Waals surface area contributed by atoms with Crippen molar-refractivity contribution in [2.24, 2.45) is 0 Å². The summed E-state index contributed by atoms with van der Waals surface area (Å²) in [6.45, 7) is 0.138. The Bertz CT molecular complexity index is 702. The molecule has 0 saturated carbocycles. The van der Waals surface area contributed by atoms with Gasteiger partial charge in [0.2, 0.25) is 10.0 Å². The summed E-state index contributed by atoms with van der Waals surface area (Å²) in [4.78, 5) is 3.59. The van der Waals surface area contributed by atoms with Crippen LogP contribution in [0.5, 0.6) is 0 Å². The number of nitrogens with two attached hydrogens (primary N) is 1. The van der Waals surface area contributed by atoms with Gasteiger partial charge in [-0.25, -0.2) is 21.8 Å². The van der Waals surface area contributed by atoms with Gasteiger partial charge in [0, 0.05) is 30.5 Å². The van der Waals surface area contributed by atoms with Gasteiger partial charge < -0.3 is 5.73 Å². The van der Waals surface area contributed by atoms with Gasteiger partial charge in [0.15, 0.2) is 9.84 Å². The predicted molar refractivity (Wildman–Crippen MR) is 78.5 cm³/mol. The SMILES string of the molecule is CS(=O)(=O)C1CSCCN1S(=O)(=O)c1cccnc1N. The molecule has 112 valence electrons. The molecule has 0 spiro atoms. The zero-order valence-corrected chi connectivity index (χ0v) is 13.2. The number of pyridine rings is 1. The van der Waals surface area contributed by atoms with Crippen LogP contribution in [0, 0.1) is 0 Å². The molecule has 1 unspecified atom stereocenters. The third-order valence-corrected chi connectivity index (χ3v) is 7.65. The smallest absolute Gasteiger partial charge is 0.247 e. The number of sulfonamides is 1. The van der Waals surface area contributed by atoms with Crippen molar-refractivity contribution in [2.75, 3.05) is 30.0 Å². The number of nitrogens with zero attached hydrogens (tertiary/aromatic N) is 2. The van der Waals surface area contributed by atoms with Gasteiger partial charge in [-0.3, -0.25) is 0 Å². The Kier molecular flexibility index (Phi) is 4.28. The third kappa shape index (κ3) is 2.92. The number of hydrogen-bond donors (Lipinski definition) is 1. The summed E-state index contributed by atoms with van der Waals surface area (Å²) >= 11 is 1.42. The molecule has 7 nitrogen and oxygen atoms in total. The molecule has 1 aliphatic rings. The molecule has 1 aliphatic heterocycles. The number of hydrogen-bond acceptors (Lipinski definition) is 7. The van der Waals surface area contributed by atoms with Crippen LogP contribution in [-0.4, -0.2) is 55.8 Å². The summed E-state index contributed by atoms with van der Waals surface area (Å²) < 4.78 is 49.8. The molecule has 1 aromatic heterocycles. The fourth-order valence-corrected chi connectivity index (χ4v) is 7.16. The van der Waals surface area contributed by atoms with Crippen LogP contribution in [0.25, 0.3) is 0 Å². The minimum atomic E-state index is -3.97. The average Bonchev–Trinajstić information content (AvgIpc) is 2.38. The highest BCUT2D eigenvalue weighted by atomic mass is 32.2. The van der Waals surface area contributed by atoms with E-state index >= 15 is 0 Å². The molecule has 20 heavy (non-hydrogen) atoms. The summed E-state index contributed by atoms with van der Waals surface area (Å²) in [5.74, 6) is 0.641. The fraction of sp³-hybridized carbons (Fsp3) is 0.500. The molecule has 1 aromatic rings. The zero-order valence-electron chi connectivity index (χ0n) is 10.8. The van der Waals surface area contributed by atoms with Crippen molar-refractivity contribution in [3.63, 3.8) is 0 Å². The first kappa shape index (κ1) is 15.5. The average molecular weight is 337 g/mol. The number of nitrogen functional groups attached to an aromatic ring is 1. The number of sulfone groups is 1. The van der Waals surface area contributed by atoms with Gasteiger partial charge in [-0.05, 0) is 12.1 Å². The van der Waals surface area contributed by atoms with Crippen LogP contribution in [0.2, 0.25) is 0 Å². The van der Waals surface area contributed by atoms with Gasteiger partial charge in [-0.2, -0.15) is 16.1 Å². The predicted octanol–water partition coefficient (Wildman–Crippen LogP) is -0.228. The van der Waals surface area contributed by atoms with Gasteiger partial charge in [0.1, 0.15) is 16.1 Å². The van der Waals surface area contributed by atoms with Crippen molar-refractivity contribution >= 4 is 37.4 Å². The highest BCUT2D eigenvalue weighted by Gasteiger charge is 2.40. The summed E-state index contributed by atoms with van der Waals surface area (Å²) in [5.41, 5.74) is 5.60. The first-order chi connectivity index (χ1) is 9.24. The van der Waals surface area contributed by atoms with E-state index in [-0.39, 0.29) is 23.0 Å². The molecule has 0 amide bonds. The van der Waals surface area contributed by atoms with E-state index in [1.165, 1.54) is 30.1 Å². The van der Waals surface area contributed by atoms with E-state index in [2.05, 4.69) is 4.98 Å². The van der Waals surface area contributed by atoms with Crippen LogP contribution in [0.15, 0.2) is 23.2 Å². The van der Waals surface area contributed by atoms with E-state index in [1.807, 2.05) is 0 Å². The van der Waals surface area contributed by atoms with E-state index in [9.17, 15) is 16.8 Å². The number of rotatable bonds is 3. The van der Waals surface area contributed by atoms with Gasteiger partial charge in [-0.15, -0.1) is 0 Å². The molecule has 1 fully saturated rings. The van der Waals surface area contributed by atoms with E-state index in [0.717, 1.165) is 10.6 Å². The summed E-state index contributed by atoms with van der Waals surface area (Å²) in [6.07, 6.45) is 2.42. The minimum absolute atomic E-state index is 0.127. The maximum Gasteiger partial charge on any atom is 0.247 e. The van der Waals surface area contributed by atoms with Gasteiger partial charge in [0.25, 0.3) is 0 Å². The lowest BCUT2D eigenvalue weighted by atomic mass is 10.5. The fourth-order valence-electron chi connectivity index (χ4n) is 1.93. The molecule has 2 N–H and O–H groups in total. The molecule has 0 bridgehead atoms. The number of thioether (sulfide) groups is 1. The van der Waals surface area contributed by atoms with E-state index in [0.29, 0.717) is 5.75 Å². The third-order valence-electron chi connectivity index (χ3n) is 2.92. The first-order valence-corrected chi connectivity index (χ1v) is 10.3. The monoisotopic (exact) mass is 337 g/mol. The quantitative estimate of drug-likeness (QED) is 0.811. The molecular formula is C10H15N3O4S3. The number of aromatic nitrogens is 1. The maximum absolute atomic E-state index is 12.6. The second kappa shape index (κ2) is 5.51. The Balaban J connectivity index is 2.50. The van der Waals surface area contributed by atoms with Crippen molar-refractivity contribution in [3.05, 3.63) is 18.3 Å². The van der Waals surface area contributed by atoms with E-state index in [1.54, 1.807) is 0 Å². The van der Waals surface area contributed by atoms with Crippen molar-refractivity contribution < 1.29 is 16.8 Å². The van der Waals surface area contributed by atoms with E-state index in [4.69, 9.17) is 5.73 Å². The topological polar surface area (TPSA) is 110 Å². The maximum atomic E-state index is 12.6. The van der Waals surface area contributed by atoms with Crippen LogP contribution >= 0.6 is 11.8 Å². The van der Waals surface area contributed by atoms with Crippen molar-refractivity contribution in [1.82, 2.24) is 9.29 Å². The lowest BCUT2D eigenvalue weighted by Crippen LogP contribution is -2.49. The van der Waals surface area contributed by atoms with Gasteiger partial charge in [0.05, 0.1) is 0 Å². The molecule has 2 rings (SSSR count). The van der Waals surface area contributed by atoms with Crippen LogP contribution in [0.3, 0.4) is 0 Å². The summed E-state index contributed by atoms with van der Waals surface area (Å²) in [7, 11) is -7.49. The van der Waals surface area contributed by atoms with Crippen molar-refractivity contribution in [2.45, 2.75) is 10.3 Å². The second-order valence-corrected chi connectivity index (χ2v) is 9.57. The van der Waals surface area contributed by atoms with Gasteiger partial charge in [-0.1, -0.05) is 0 Å². The molecule has 1 saturated heterocycles. The molecule has 0 aromatic carbocycles. The Morgan fingerprint density at radius 3 is 2.70 bits per heavy atom. The normalized spacial score (nSPS) is 21.8. The summed E-state index contributed by atoms with van der Waals surface area (Å²) in [5, 5.41) is -1.06. The number of anilines is 1. The Hall–Kier alpha value is -0.840. The molecule has 1 atom stereocenters. The second-order valence-electron chi connectivity index (χ2n) is 4.36. The van der Waals surface area contributed by atoms with Crippen molar-refractivity contribution in [1.29, 1.82) is 0 Å². The highest BCUT2D eigenvalue weighted by Crippen LogP contribution is 2.28. The lowest BCUT2D eigenvalue weighted by Gasteiger charge is -2.33. The standard InChI is InChI=1S/C10H15N3O4S3/c1-19(14,15)9-7-18-6-5-13(9)20(16,17)8-3-2-4-12-10(8)11/h2-4,9H,5-7H2,1H3,(H2,11,12). The zero-order chi connectivity index (χ0) is 15.0. The molecule has 0 radical (unpaired) electrons. The summed E-state index contributed by atoms with van der Waals surface area (Å²) in [6, 6.07) is 2.79. The van der Waals surface area contributed by atoms with Crippen LogP contribution in [-0.2, 0) is 19.9 Å².